The molecule has 1 atom stereocenters. The number of carbonyl (C=O) groups excluding carboxylic acids is 1. The molecule has 0 radical (unpaired) electrons. The van der Waals surface area contributed by atoms with Gasteiger partial charge in [-0.2, -0.15) is 5.26 Å². The number of hydrogen-bond acceptors (Lipinski definition) is 3. The van der Waals surface area contributed by atoms with Crippen molar-refractivity contribution < 1.29 is 9.53 Å². The highest BCUT2D eigenvalue weighted by atomic mass is 16.5. The van der Waals surface area contributed by atoms with Gasteiger partial charge in [-0.3, -0.25) is 4.79 Å². The van der Waals surface area contributed by atoms with Crippen molar-refractivity contribution in [2.24, 2.45) is 0 Å². The van der Waals surface area contributed by atoms with Gasteiger partial charge in [0.2, 0.25) is 5.91 Å². The van der Waals surface area contributed by atoms with Gasteiger partial charge < -0.3 is 9.64 Å². The first-order valence-electron chi connectivity index (χ1n) is 6.59. The lowest BCUT2D eigenvalue weighted by atomic mass is 10.0. The van der Waals surface area contributed by atoms with Crippen molar-refractivity contribution in [2.75, 3.05) is 13.2 Å². The molecule has 1 saturated carbocycles. The van der Waals surface area contributed by atoms with E-state index in [0.29, 0.717) is 19.0 Å². The number of carbonyl (C=O) groups is 1. The normalized spacial score (nSPS) is 27.6. The van der Waals surface area contributed by atoms with Crippen LogP contribution in [0.4, 0.5) is 0 Å². The Morgan fingerprint density at radius 1 is 1.29 bits per heavy atom. The van der Waals surface area contributed by atoms with Crippen LogP contribution in [0.1, 0.15) is 44.9 Å². The Morgan fingerprint density at radius 2 is 2.00 bits per heavy atom. The maximum absolute atomic E-state index is 11.9. The molecule has 0 aromatic heterocycles. The lowest BCUT2D eigenvalue weighted by Crippen LogP contribution is -2.51. The number of amides is 1. The molecule has 2 fully saturated rings. The van der Waals surface area contributed by atoms with Crippen LogP contribution < -0.4 is 0 Å². The van der Waals surface area contributed by atoms with Gasteiger partial charge in [-0.15, -0.1) is 0 Å². The van der Waals surface area contributed by atoms with E-state index in [0.717, 1.165) is 12.8 Å². The van der Waals surface area contributed by atoms with E-state index in [2.05, 4.69) is 6.07 Å². The first kappa shape index (κ1) is 12.4. The molecule has 0 bridgehead atoms. The van der Waals surface area contributed by atoms with E-state index in [-0.39, 0.29) is 18.6 Å². The van der Waals surface area contributed by atoms with Crippen molar-refractivity contribution >= 4 is 5.91 Å². The molecule has 4 heteroatoms. The van der Waals surface area contributed by atoms with Gasteiger partial charge in [0.05, 0.1) is 18.6 Å². The van der Waals surface area contributed by atoms with Crippen LogP contribution in [0, 0.1) is 11.3 Å². The molecule has 94 valence electrons. The molecule has 0 N–H and O–H groups in total. The molecule has 0 aromatic carbocycles. The molecule has 1 aliphatic carbocycles. The fourth-order valence-corrected chi connectivity index (χ4v) is 2.79. The summed E-state index contributed by atoms with van der Waals surface area (Å²) in [5.74, 6) is 0.103. The molecule has 1 saturated heterocycles. The number of ether oxygens (including phenoxy) is 1. The average Bonchev–Trinajstić information content (AvgIpc) is 2.60. The summed E-state index contributed by atoms with van der Waals surface area (Å²) in [6.45, 7) is 0.764. The first-order chi connectivity index (χ1) is 8.31. The zero-order valence-corrected chi connectivity index (χ0v) is 10.2. The zero-order valence-electron chi connectivity index (χ0n) is 10.2. The molecule has 17 heavy (non-hydrogen) atoms. The van der Waals surface area contributed by atoms with Crippen molar-refractivity contribution in [1.82, 2.24) is 4.90 Å². The average molecular weight is 236 g/mol. The lowest BCUT2D eigenvalue weighted by molar-refractivity contribution is -0.152. The molecule has 0 spiro atoms. The molecule has 0 aromatic rings. The number of rotatable bonds is 2. The summed E-state index contributed by atoms with van der Waals surface area (Å²) in [6.07, 6.45) is 7.55. The molecule has 2 rings (SSSR count). The maximum Gasteiger partial charge on any atom is 0.248 e. The van der Waals surface area contributed by atoms with E-state index in [4.69, 9.17) is 10.00 Å². The van der Waals surface area contributed by atoms with Crippen LogP contribution in [-0.2, 0) is 9.53 Å². The number of hydrogen-bond donors (Lipinski definition) is 0. The summed E-state index contributed by atoms with van der Waals surface area (Å²) >= 11 is 0. The van der Waals surface area contributed by atoms with E-state index in [1.807, 2.05) is 4.90 Å². The summed E-state index contributed by atoms with van der Waals surface area (Å²) in [5.41, 5.74) is 0. The Kier molecular flexibility index (Phi) is 4.38. The molecule has 1 heterocycles. The molecule has 1 aliphatic heterocycles. The standard InChI is InChI=1S/C13H20N2O2/c14-8-7-12-9-15(13(16)10-17-12)11-5-3-1-2-4-6-11/h11-12H,1-7,9-10H2. The van der Waals surface area contributed by atoms with Crippen molar-refractivity contribution in [2.45, 2.75) is 57.1 Å². The van der Waals surface area contributed by atoms with Crippen LogP contribution in [0.5, 0.6) is 0 Å². The van der Waals surface area contributed by atoms with E-state index < -0.39 is 0 Å². The van der Waals surface area contributed by atoms with Crippen LogP contribution in [-0.4, -0.2) is 36.1 Å². The summed E-state index contributed by atoms with van der Waals surface area (Å²) in [7, 11) is 0. The summed E-state index contributed by atoms with van der Waals surface area (Å²) in [5, 5.41) is 8.69. The number of nitrogens with zero attached hydrogens (tertiary/aromatic N) is 2. The Balaban J connectivity index is 1.96. The molecule has 4 nitrogen and oxygen atoms in total. The molecular formula is C13H20N2O2. The first-order valence-corrected chi connectivity index (χ1v) is 6.59. The van der Waals surface area contributed by atoms with Crippen molar-refractivity contribution in [3.8, 4) is 6.07 Å². The van der Waals surface area contributed by atoms with E-state index in [1.54, 1.807) is 0 Å². The maximum atomic E-state index is 11.9. The predicted octanol–water partition coefficient (Wildman–Crippen LogP) is 1.85. The van der Waals surface area contributed by atoms with Gasteiger partial charge in [0.1, 0.15) is 6.61 Å². The van der Waals surface area contributed by atoms with Crippen LogP contribution in [0.25, 0.3) is 0 Å². The second-order valence-electron chi connectivity index (χ2n) is 4.99. The minimum absolute atomic E-state index is 0.0825. The van der Waals surface area contributed by atoms with E-state index in [9.17, 15) is 4.79 Å². The third kappa shape index (κ3) is 3.19. The topological polar surface area (TPSA) is 53.3 Å². The van der Waals surface area contributed by atoms with Crippen LogP contribution in [0.2, 0.25) is 0 Å². The highest BCUT2D eigenvalue weighted by Crippen LogP contribution is 2.24. The van der Waals surface area contributed by atoms with E-state index >= 15 is 0 Å². The third-order valence-electron chi connectivity index (χ3n) is 3.75. The van der Waals surface area contributed by atoms with Crippen molar-refractivity contribution in [3.05, 3.63) is 0 Å². The summed E-state index contributed by atoms with van der Waals surface area (Å²) < 4.78 is 5.37. The van der Waals surface area contributed by atoms with Crippen LogP contribution in [0.15, 0.2) is 0 Å². The minimum atomic E-state index is -0.0825. The van der Waals surface area contributed by atoms with Gasteiger partial charge in [-0.05, 0) is 12.8 Å². The summed E-state index contributed by atoms with van der Waals surface area (Å²) in [4.78, 5) is 13.8. The quantitative estimate of drug-likeness (QED) is 0.687. The molecule has 2 aliphatic rings. The Hall–Kier alpha value is -1.08. The highest BCUT2D eigenvalue weighted by Gasteiger charge is 2.31. The van der Waals surface area contributed by atoms with Gasteiger partial charge in [-0.1, -0.05) is 25.7 Å². The number of nitriles is 1. The van der Waals surface area contributed by atoms with Gasteiger partial charge >= 0.3 is 0 Å². The highest BCUT2D eigenvalue weighted by molar-refractivity contribution is 5.78. The largest absolute Gasteiger partial charge is 0.365 e. The second-order valence-corrected chi connectivity index (χ2v) is 4.99. The van der Waals surface area contributed by atoms with Gasteiger partial charge in [0.25, 0.3) is 0 Å². The fourth-order valence-electron chi connectivity index (χ4n) is 2.79. The fraction of sp³-hybridized carbons (Fsp3) is 0.846. The number of morpholine rings is 1. The molecule has 1 unspecified atom stereocenters. The monoisotopic (exact) mass is 236 g/mol. The second kappa shape index (κ2) is 6.02. The smallest absolute Gasteiger partial charge is 0.248 e. The molecule has 1 amide bonds. The predicted molar refractivity (Wildman–Crippen MR) is 63.2 cm³/mol. The Labute approximate surface area is 103 Å². The summed E-state index contributed by atoms with van der Waals surface area (Å²) in [6, 6.07) is 2.51. The minimum Gasteiger partial charge on any atom is -0.365 e. The SMILES string of the molecule is N#CCC1CN(C2CCCCCC2)C(=O)CO1. The van der Waals surface area contributed by atoms with E-state index in [1.165, 1.54) is 25.7 Å². The van der Waals surface area contributed by atoms with Crippen LogP contribution in [0.3, 0.4) is 0 Å². The van der Waals surface area contributed by atoms with Gasteiger partial charge in [0.15, 0.2) is 0 Å². The van der Waals surface area contributed by atoms with Gasteiger partial charge in [0, 0.05) is 12.6 Å². The zero-order chi connectivity index (χ0) is 12.1. The van der Waals surface area contributed by atoms with Crippen LogP contribution >= 0.6 is 0 Å². The molecular weight excluding hydrogens is 216 g/mol. The Bertz CT molecular complexity index is 303. The Morgan fingerprint density at radius 3 is 2.65 bits per heavy atom. The third-order valence-corrected chi connectivity index (χ3v) is 3.75. The lowest BCUT2D eigenvalue weighted by Gasteiger charge is -2.37. The van der Waals surface area contributed by atoms with Crippen molar-refractivity contribution in [1.29, 1.82) is 5.26 Å². The van der Waals surface area contributed by atoms with Crippen molar-refractivity contribution in [3.63, 3.8) is 0 Å². The van der Waals surface area contributed by atoms with Gasteiger partial charge in [-0.25, -0.2) is 0 Å².